The first-order valence-electron chi connectivity index (χ1n) is 5.60. The van der Waals surface area contributed by atoms with Crippen LogP contribution in [-0.4, -0.2) is 16.0 Å². The average molecular weight is 265 g/mol. The number of nitrogens with zero attached hydrogens (tertiary/aromatic N) is 2. The van der Waals surface area contributed by atoms with Gasteiger partial charge in [0.1, 0.15) is 0 Å². The first-order chi connectivity index (χ1) is 8.34. The van der Waals surface area contributed by atoms with Crippen molar-refractivity contribution in [3.63, 3.8) is 0 Å². The van der Waals surface area contributed by atoms with Gasteiger partial charge in [0.25, 0.3) is 0 Å². The molecule has 0 saturated heterocycles. The lowest BCUT2D eigenvalue weighted by atomic mass is 10.1. The van der Waals surface area contributed by atoms with E-state index in [1.807, 2.05) is 0 Å². The summed E-state index contributed by atoms with van der Waals surface area (Å²) < 4.78 is 0.974. The van der Waals surface area contributed by atoms with Gasteiger partial charge in [-0.3, -0.25) is 0 Å². The molecule has 2 N–H and O–H groups in total. The highest BCUT2D eigenvalue weighted by Gasteiger charge is 2.01. The van der Waals surface area contributed by atoms with Gasteiger partial charge in [0.2, 0.25) is 5.13 Å². The van der Waals surface area contributed by atoms with E-state index in [1.165, 1.54) is 29.7 Å². The Hall–Kier alpha value is -1.07. The van der Waals surface area contributed by atoms with Gasteiger partial charge < -0.3 is 5.73 Å². The van der Waals surface area contributed by atoms with Gasteiger partial charge in [0.05, 0.1) is 0 Å². The Morgan fingerprint density at radius 2 is 1.94 bits per heavy atom. The molecule has 0 bridgehead atoms. The van der Waals surface area contributed by atoms with E-state index < -0.39 is 0 Å². The normalized spacial score (nSPS) is 10.6. The number of rotatable bonds is 6. The highest BCUT2D eigenvalue weighted by molar-refractivity contribution is 8.01. The quantitative estimate of drug-likeness (QED) is 0.643. The number of hydrogen-bond acceptors (Lipinski definition) is 5. The van der Waals surface area contributed by atoms with Gasteiger partial charge in [0, 0.05) is 5.75 Å². The van der Waals surface area contributed by atoms with Crippen LogP contribution in [0.4, 0.5) is 5.13 Å². The summed E-state index contributed by atoms with van der Waals surface area (Å²) in [5.41, 5.74) is 6.93. The second-order valence-corrected chi connectivity index (χ2v) is 6.05. The van der Waals surface area contributed by atoms with Crippen LogP contribution in [0, 0.1) is 0 Å². The predicted octanol–water partition coefficient (Wildman–Crippen LogP) is 3.24. The molecule has 0 aliphatic rings. The maximum Gasteiger partial charge on any atom is 0.203 e. The Morgan fingerprint density at radius 1 is 1.12 bits per heavy atom. The van der Waals surface area contributed by atoms with E-state index in [4.69, 9.17) is 5.73 Å². The number of nitrogen functional groups attached to an aromatic ring is 1. The number of thioether (sulfide) groups is 1. The van der Waals surface area contributed by atoms with Crippen molar-refractivity contribution >= 4 is 28.2 Å². The molecule has 5 heteroatoms. The monoisotopic (exact) mass is 265 g/mol. The lowest BCUT2D eigenvalue weighted by molar-refractivity contribution is 0.802. The van der Waals surface area contributed by atoms with Gasteiger partial charge in [-0.05, 0) is 24.8 Å². The van der Waals surface area contributed by atoms with Crippen LogP contribution in [0.25, 0.3) is 0 Å². The van der Waals surface area contributed by atoms with Crippen molar-refractivity contribution in [3.8, 4) is 0 Å². The van der Waals surface area contributed by atoms with Crippen molar-refractivity contribution in [1.82, 2.24) is 10.2 Å². The van der Waals surface area contributed by atoms with E-state index in [0.29, 0.717) is 5.13 Å². The summed E-state index contributed by atoms with van der Waals surface area (Å²) in [7, 11) is 0. The zero-order valence-electron chi connectivity index (χ0n) is 9.50. The molecule has 90 valence electrons. The predicted molar refractivity (Wildman–Crippen MR) is 74.4 cm³/mol. The third kappa shape index (κ3) is 4.36. The molecule has 1 aromatic heterocycles. The maximum atomic E-state index is 5.52. The molecule has 2 rings (SSSR count). The summed E-state index contributed by atoms with van der Waals surface area (Å²) in [5.74, 6) is 1.08. The van der Waals surface area contributed by atoms with Gasteiger partial charge in [-0.25, -0.2) is 0 Å². The number of aryl methyl sites for hydroxylation is 1. The van der Waals surface area contributed by atoms with Crippen molar-refractivity contribution in [3.05, 3.63) is 35.9 Å². The van der Waals surface area contributed by atoms with Crippen LogP contribution in [0.3, 0.4) is 0 Å². The van der Waals surface area contributed by atoms with E-state index in [-0.39, 0.29) is 0 Å². The number of benzene rings is 1. The molecule has 0 unspecified atom stereocenters. The van der Waals surface area contributed by atoms with E-state index in [0.717, 1.165) is 16.5 Å². The van der Waals surface area contributed by atoms with Gasteiger partial charge in [-0.15, -0.1) is 10.2 Å². The minimum atomic E-state index is 0.553. The van der Waals surface area contributed by atoms with Crippen molar-refractivity contribution in [2.24, 2.45) is 0 Å². The van der Waals surface area contributed by atoms with Crippen LogP contribution in [0.5, 0.6) is 0 Å². The highest BCUT2D eigenvalue weighted by atomic mass is 32.2. The lowest BCUT2D eigenvalue weighted by Crippen LogP contribution is -1.86. The van der Waals surface area contributed by atoms with Crippen LogP contribution >= 0.6 is 23.1 Å². The summed E-state index contributed by atoms with van der Waals surface area (Å²) in [5, 5.41) is 8.32. The van der Waals surface area contributed by atoms with E-state index in [9.17, 15) is 0 Å². The fourth-order valence-electron chi connectivity index (χ4n) is 1.51. The molecule has 0 atom stereocenters. The SMILES string of the molecule is Nc1nnc(SCCCCc2ccccc2)s1. The topological polar surface area (TPSA) is 51.8 Å². The van der Waals surface area contributed by atoms with Crippen LogP contribution in [0.15, 0.2) is 34.7 Å². The standard InChI is InChI=1S/C12H15N3S2/c13-11-14-15-12(17-11)16-9-5-4-8-10-6-2-1-3-7-10/h1-3,6-7H,4-5,8-9H2,(H2,13,14). The molecule has 3 nitrogen and oxygen atoms in total. The average Bonchev–Trinajstić information content (AvgIpc) is 2.76. The molecule has 1 aromatic carbocycles. The van der Waals surface area contributed by atoms with Gasteiger partial charge in [-0.1, -0.05) is 53.4 Å². The lowest BCUT2D eigenvalue weighted by Gasteiger charge is -2.00. The smallest absolute Gasteiger partial charge is 0.203 e. The molecule has 0 spiro atoms. The second-order valence-electron chi connectivity index (χ2n) is 3.70. The van der Waals surface area contributed by atoms with Gasteiger partial charge in [-0.2, -0.15) is 0 Å². The van der Waals surface area contributed by atoms with Crippen molar-refractivity contribution in [2.75, 3.05) is 11.5 Å². The molecule has 0 amide bonds. The van der Waals surface area contributed by atoms with Crippen molar-refractivity contribution in [1.29, 1.82) is 0 Å². The van der Waals surface area contributed by atoms with E-state index in [1.54, 1.807) is 11.8 Å². The minimum Gasteiger partial charge on any atom is -0.374 e. The van der Waals surface area contributed by atoms with E-state index >= 15 is 0 Å². The number of unbranched alkanes of at least 4 members (excludes halogenated alkanes) is 1. The summed E-state index contributed by atoms with van der Waals surface area (Å²) in [4.78, 5) is 0. The second kappa shape index (κ2) is 6.61. The highest BCUT2D eigenvalue weighted by Crippen LogP contribution is 2.24. The Balaban J connectivity index is 1.61. The Morgan fingerprint density at radius 3 is 2.65 bits per heavy atom. The molecule has 0 aliphatic carbocycles. The van der Waals surface area contributed by atoms with Crippen LogP contribution < -0.4 is 5.73 Å². The molecular weight excluding hydrogens is 250 g/mol. The molecule has 0 aliphatic heterocycles. The van der Waals surface area contributed by atoms with Crippen LogP contribution in [-0.2, 0) is 6.42 Å². The summed E-state index contributed by atoms with van der Waals surface area (Å²) in [6.45, 7) is 0. The Bertz CT molecular complexity index is 442. The maximum absolute atomic E-state index is 5.52. The first kappa shape index (κ1) is 12.4. The Labute approximate surface area is 109 Å². The fourth-order valence-corrected chi connectivity index (χ4v) is 3.22. The number of aromatic nitrogens is 2. The largest absolute Gasteiger partial charge is 0.374 e. The fraction of sp³-hybridized carbons (Fsp3) is 0.333. The zero-order chi connectivity index (χ0) is 11.9. The third-order valence-corrected chi connectivity index (χ3v) is 4.32. The number of nitrogens with two attached hydrogens (primary N) is 1. The van der Waals surface area contributed by atoms with E-state index in [2.05, 4.69) is 40.5 Å². The molecule has 17 heavy (non-hydrogen) atoms. The molecular formula is C12H15N3S2. The van der Waals surface area contributed by atoms with Crippen molar-refractivity contribution in [2.45, 2.75) is 23.6 Å². The zero-order valence-corrected chi connectivity index (χ0v) is 11.1. The molecule has 1 heterocycles. The van der Waals surface area contributed by atoms with Gasteiger partial charge in [0.15, 0.2) is 4.34 Å². The van der Waals surface area contributed by atoms with Crippen LogP contribution in [0.2, 0.25) is 0 Å². The number of anilines is 1. The summed E-state index contributed by atoms with van der Waals surface area (Å²) in [6.07, 6.45) is 3.56. The Kier molecular flexibility index (Phi) is 4.82. The molecule has 2 aromatic rings. The molecule has 0 fully saturated rings. The van der Waals surface area contributed by atoms with Gasteiger partial charge >= 0.3 is 0 Å². The minimum absolute atomic E-state index is 0.553. The van der Waals surface area contributed by atoms with Crippen LogP contribution in [0.1, 0.15) is 18.4 Å². The summed E-state index contributed by atoms with van der Waals surface area (Å²) >= 11 is 3.20. The molecule has 0 radical (unpaired) electrons. The van der Waals surface area contributed by atoms with Crippen molar-refractivity contribution < 1.29 is 0 Å². The first-order valence-corrected chi connectivity index (χ1v) is 7.40. The molecule has 0 saturated carbocycles. The summed E-state index contributed by atoms with van der Waals surface area (Å²) in [6, 6.07) is 10.6. The number of hydrogen-bond donors (Lipinski definition) is 1. The third-order valence-electron chi connectivity index (χ3n) is 2.35.